The molecule has 5 nitrogen and oxygen atoms in total. The van der Waals surface area contributed by atoms with Gasteiger partial charge in [-0.15, -0.1) is 10.2 Å². The van der Waals surface area contributed by atoms with Crippen LogP contribution in [0.15, 0.2) is 36.7 Å². The Hall–Kier alpha value is -1.70. The van der Waals surface area contributed by atoms with Gasteiger partial charge in [0.25, 0.3) is 0 Å². The van der Waals surface area contributed by atoms with Gasteiger partial charge in [-0.25, -0.2) is 4.98 Å². The number of halogens is 1. The molecule has 0 aliphatic rings. The molecule has 0 radical (unpaired) electrons. The minimum Gasteiger partial charge on any atom is -0.367 e. The largest absolute Gasteiger partial charge is 0.367 e. The second-order valence-corrected chi connectivity index (χ2v) is 6.70. The predicted molar refractivity (Wildman–Crippen MR) is 96.1 cm³/mol. The van der Waals surface area contributed by atoms with E-state index in [0.29, 0.717) is 6.04 Å². The fraction of sp³-hybridized carbons (Fsp3) is 0.312. The van der Waals surface area contributed by atoms with Crippen molar-refractivity contribution in [3.63, 3.8) is 0 Å². The van der Waals surface area contributed by atoms with Crippen molar-refractivity contribution in [1.82, 2.24) is 19.6 Å². The van der Waals surface area contributed by atoms with Crippen molar-refractivity contribution in [3.05, 3.63) is 51.6 Å². The highest BCUT2D eigenvalue weighted by Gasteiger charge is 2.07. The molecule has 0 bridgehead atoms. The number of hydrogen-bond donors (Lipinski definition) is 1. The van der Waals surface area contributed by atoms with Gasteiger partial charge in [0, 0.05) is 15.7 Å². The van der Waals surface area contributed by atoms with E-state index >= 15 is 0 Å². The lowest BCUT2D eigenvalue weighted by molar-refractivity contribution is 0.701. The minimum absolute atomic E-state index is 0.344. The van der Waals surface area contributed by atoms with Crippen LogP contribution in [0.25, 0.3) is 5.65 Å². The molecule has 2 aromatic heterocycles. The molecule has 0 fully saturated rings. The average Bonchev–Trinajstić information content (AvgIpc) is 2.95. The molecular weight excluding hydrogens is 389 g/mol. The monoisotopic (exact) mass is 407 g/mol. The summed E-state index contributed by atoms with van der Waals surface area (Å²) in [5.41, 5.74) is 2.19. The third-order valence-corrected chi connectivity index (χ3v) is 4.36. The smallest absolute Gasteiger partial charge is 0.165 e. The Bertz CT molecular complexity index is 766. The Morgan fingerprint density at radius 3 is 2.82 bits per heavy atom. The summed E-state index contributed by atoms with van der Waals surface area (Å²) in [7, 11) is 0. The first-order chi connectivity index (χ1) is 10.6. The predicted octanol–water partition coefficient (Wildman–Crippen LogP) is 3.47. The molecule has 22 heavy (non-hydrogen) atoms. The standard InChI is InChI=1S/C16H18IN5/c1-11(3-4-13-5-7-14(17)8-6-13)19-15-9-16-21-18-10-22(16)12(2)20-15/h5-11,19H,3-4H2,1-2H3. The zero-order chi connectivity index (χ0) is 15.5. The van der Waals surface area contributed by atoms with Gasteiger partial charge in [-0.3, -0.25) is 4.40 Å². The van der Waals surface area contributed by atoms with Crippen molar-refractivity contribution < 1.29 is 0 Å². The number of aryl methyl sites for hydroxylation is 2. The van der Waals surface area contributed by atoms with Crippen LogP contribution in [0.4, 0.5) is 5.82 Å². The lowest BCUT2D eigenvalue weighted by atomic mass is 10.1. The molecule has 0 aliphatic heterocycles. The lowest BCUT2D eigenvalue weighted by Gasteiger charge is -2.15. The molecule has 6 heteroatoms. The first kappa shape index (κ1) is 15.2. The fourth-order valence-electron chi connectivity index (χ4n) is 2.41. The van der Waals surface area contributed by atoms with Crippen LogP contribution in [0.2, 0.25) is 0 Å². The van der Waals surface area contributed by atoms with E-state index in [-0.39, 0.29) is 0 Å². The zero-order valence-electron chi connectivity index (χ0n) is 12.6. The van der Waals surface area contributed by atoms with Gasteiger partial charge in [-0.2, -0.15) is 0 Å². The SMILES string of the molecule is Cc1nc(NC(C)CCc2ccc(I)cc2)cc2nncn12. The van der Waals surface area contributed by atoms with E-state index in [1.54, 1.807) is 6.33 Å². The molecule has 1 unspecified atom stereocenters. The van der Waals surface area contributed by atoms with Crippen molar-refractivity contribution in [1.29, 1.82) is 0 Å². The zero-order valence-corrected chi connectivity index (χ0v) is 14.8. The Morgan fingerprint density at radius 1 is 1.27 bits per heavy atom. The lowest BCUT2D eigenvalue weighted by Crippen LogP contribution is -2.17. The number of hydrogen-bond acceptors (Lipinski definition) is 4. The van der Waals surface area contributed by atoms with Crippen molar-refractivity contribution in [2.75, 3.05) is 5.32 Å². The molecule has 2 heterocycles. The number of fused-ring (bicyclic) bond motifs is 1. The van der Waals surface area contributed by atoms with Crippen LogP contribution in [0, 0.1) is 10.5 Å². The van der Waals surface area contributed by atoms with Crippen molar-refractivity contribution in [2.45, 2.75) is 32.7 Å². The van der Waals surface area contributed by atoms with Gasteiger partial charge in [0.1, 0.15) is 18.0 Å². The maximum atomic E-state index is 4.55. The minimum atomic E-state index is 0.344. The molecule has 1 aromatic carbocycles. The van der Waals surface area contributed by atoms with E-state index in [9.17, 15) is 0 Å². The van der Waals surface area contributed by atoms with Gasteiger partial charge in [0.2, 0.25) is 0 Å². The highest BCUT2D eigenvalue weighted by molar-refractivity contribution is 14.1. The molecule has 0 aliphatic carbocycles. The number of rotatable bonds is 5. The summed E-state index contributed by atoms with van der Waals surface area (Å²) < 4.78 is 3.15. The molecule has 3 rings (SSSR count). The molecule has 0 spiro atoms. The van der Waals surface area contributed by atoms with Gasteiger partial charge < -0.3 is 5.32 Å². The summed E-state index contributed by atoms with van der Waals surface area (Å²) in [4.78, 5) is 4.55. The third-order valence-electron chi connectivity index (χ3n) is 3.64. The highest BCUT2D eigenvalue weighted by atomic mass is 127. The van der Waals surface area contributed by atoms with E-state index in [4.69, 9.17) is 0 Å². The maximum absolute atomic E-state index is 4.55. The average molecular weight is 407 g/mol. The molecule has 0 saturated carbocycles. The Kier molecular flexibility index (Phi) is 4.56. The summed E-state index contributed by atoms with van der Waals surface area (Å²) >= 11 is 2.33. The van der Waals surface area contributed by atoms with Crippen molar-refractivity contribution >= 4 is 34.1 Å². The maximum Gasteiger partial charge on any atom is 0.165 e. The topological polar surface area (TPSA) is 55.1 Å². The quantitative estimate of drug-likeness (QED) is 0.659. The number of nitrogens with zero attached hydrogens (tertiary/aromatic N) is 4. The van der Waals surface area contributed by atoms with Gasteiger partial charge in [-0.1, -0.05) is 12.1 Å². The van der Waals surface area contributed by atoms with Gasteiger partial charge in [0.05, 0.1) is 0 Å². The molecule has 3 aromatic rings. The van der Waals surface area contributed by atoms with Crippen LogP contribution in [0.5, 0.6) is 0 Å². The van der Waals surface area contributed by atoms with Gasteiger partial charge in [-0.05, 0) is 67.0 Å². The fourth-order valence-corrected chi connectivity index (χ4v) is 2.77. The summed E-state index contributed by atoms with van der Waals surface area (Å²) in [6.07, 6.45) is 3.79. The first-order valence-corrected chi connectivity index (χ1v) is 8.38. The number of anilines is 1. The summed E-state index contributed by atoms with van der Waals surface area (Å²) in [6, 6.07) is 11.0. The number of nitrogens with one attached hydrogen (secondary N) is 1. The molecule has 0 saturated heterocycles. The van der Waals surface area contributed by atoms with E-state index in [0.717, 1.165) is 30.1 Å². The molecule has 114 valence electrons. The van der Waals surface area contributed by atoms with Crippen LogP contribution < -0.4 is 5.32 Å². The van der Waals surface area contributed by atoms with Crippen LogP contribution >= 0.6 is 22.6 Å². The van der Waals surface area contributed by atoms with E-state index in [1.807, 2.05) is 17.4 Å². The molecule has 0 amide bonds. The Balaban J connectivity index is 1.62. The van der Waals surface area contributed by atoms with Gasteiger partial charge in [0.15, 0.2) is 5.65 Å². The normalized spacial score (nSPS) is 12.5. The van der Waals surface area contributed by atoms with Crippen LogP contribution in [-0.2, 0) is 6.42 Å². The van der Waals surface area contributed by atoms with Crippen LogP contribution in [-0.4, -0.2) is 25.6 Å². The Labute approximate surface area is 143 Å². The second-order valence-electron chi connectivity index (χ2n) is 5.46. The summed E-state index contributed by atoms with van der Waals surface area (Å²) in [6.45, 7) is 4.13. The van der Waals surface area contributed by atoms with Crippen molar-refractivity contribution in [3.8, 4) is 0 Å². The summed E-state index contributed by atoms with van der Waals surface area (Å²) in [5, 5.41) is 11.4. The molecular formula is C16H18IN5. The first-order valence-electron chi connectivity index (χ1n) is 7.30. The summed E-state index contributed by atoms with van der Waals surface area (Å²) in [5.74, 6) is 1.74. The highest BCUT2D eigenvalue weighted by Crippen LogP contribution is 2.14. The van der Waals surface area contributed by atoms with E-state index in [2.05, 4.69) is 74.3 Å². The van der Waals surface area contributed by atoms with E-state index < -0.39 is 0 Å². The third kappa shape index (κ3) is 3.55. The molecule has 1 atom stereocenters. The van der Waals surface area contributed by atoms with E-state index in [1.165, 1.54) is 9.13 Å². The van der Waals surface area contributed by atoms with Crippen LogP contribution in [0.3, 0.4) is 0 Å². The second kappa shape index (κ2) is 6.60. The van der Waals surface area contributed by atoms with Crippen molar-refractivity contribution in [2.24, 2.45) is 0 Å². The number of aromatic nitrogens is 4. The molecule has 1 N–H and O–H groups in total. The van der Waals surface area contributed by atoms with Gasteiger partial charge >= 0.3 is 0 Å². The number of benzene rings is 1. The van der Waals surface area contributed by atoms with Crippen LogP contribution in [0.1, 0.15) is 24.7 Å². The Morgan fingerprint density at radius 2 is 2.05 bits per heavy atom.